The average molecular weight is 186 g/mol. The average Bonchev–Trinajstić information content (AvgIpc) is 1.83. The van der Waals surface area contributed by atoms with Crippen molar-refractivity contribution in [3.8, 4) is 0 Å². The minimum Gasteiger partial charge on any atom is -0.302 e. The van der Waals surface area contributed by atoms with Crippen LogP contribution >= 0.6 is 0 Å². The summed E-state index contributed by atoms with van der Waals surface area (Å²) >= 11 is 0. The first-order valence-electron chi connectivity index (χ1n) is 4.52. The highest BCUT2D eigenvalue weighted by molar-refractivity contribution is 5.58. The van der Waals surface area contributed by atoms with Crippen LogP contribution in [-0.4, -0.2) is 22.9 Å². The van der Waals surface area contributed by atoms with Gasteiger partial charge in [0.1, 0.15) is 6.29 Å². The van der Waals surface area contributed by atoms with E-state index < -0.39 is 11.6 Å². The number of hydroxylamine groups is 2. The van der Waals surface area contributed by atoms with E-state index in [4.69, 9.17) is 0 Å². The van der Waals surface area contributed by atoms with Crippen molar-refractivity contribution in [3.05, 3.63) is 0 Å². The van der Waals surface area contributed by atoms with E-state index in [0.717, 1.165) is 11.3 Å². The Hall–Kier alpha value is -0.410. The van der Waals surface area contributed by atoms with Crippen molar-refractivity contribution < 1.29 is 10.0 Å². The fourth-order valence-electron chi connectivity index (χ4n) is 1.03. The Balaban J connectivity index is 4.71. The Morgan fingerprint density at radius 1 is 1.08 bits per heavy atom. The zero-order valence-electron chi connectivity index (χ0n) is 9.42. The lowest BCUT2D eigenvalue weighted by molar-refractivity contribution is -0.248. The smallest absolute Gasteiger partial charge is 0.140 e. The van der Waals surface area contributed by atoms with E-state index in [2.05, 4.69) is 0 Å². The predicted molar refractivity (Wildman–Crippen MR) is 51.6 cm³/mol. The largest absolute Gasteiger partial charge is 0.302 e. The van der Waals surface area contributed by atoms with Gasteiger partial charge in [-0.05, 0) is 26.2 Å². The third kappa shape index (κ3) is 3.44. The Bertz CT molecular complexity index is 176. The Labute approximate surface area is 80.7 Å². The second-order valence-corrected chi connectivity index (χ2v) is 5.44. The molecule has 1 atom stereocenters. The highest BCUT2D eigenvalue weighted by Crippen LogP contribution is 2.26. The molecule has 0 bridgehead atoms. The lowest BCUT2D eigenvalue weighted by Gasteiger charge is -2.37. The van der Waals surface area contributed by atoms with Gasteiger partial charge in [-0.2, -0.15) is 0 Å². The zero-order chi connectivity index (χ0) is 10.9. The standard InChI is InChI=1S/C10H20NO2/c1-9(2,3)8(7-12)11(13)10(4,5)6/h7-8H,1-6H3. The predicted octanol–water partition coefficient (Wildman–Crippen LogP) is 2.05. The summed E-state index contributed by atoms with van der Waals surface area (Å²) in [7, 11) is 0. The molecule has 0 aliphatic heterocycles. The molecule has 13 heavy (non-hydrogen) atoms. The highest BCUT2D eigenvalue weighted by atomic mass is 16.5. The van der Waals surface area contributed by atoms with Crippen molar-refractivity contribution in [2.24, 2.45) is 5.41 Å². The molecular formula is C10H20NO2. The maximum Gasteiger partial charge on any atom is 0.140 e. The van der Waals surface area contributed by atoms with Crippen LogP contribution in [-0.2, 0) is 10.0 Å². The topological polar surface area (TPSA) is 40.2 Å². The van der Waals surface area contributed by atoms with Gasteiger partial charge in [0.15, 0.2) is 0 Å². The number of hydrogen-bond donors (Lipinski definition) is 0. The molecule has 0 fully saturated rings. The van der Waals surface area contributed by atoms with Crippen LogP contribution in [0.5, 0.6) is 0 Å². The molecule has 1 radical (unpaired) electrons. The maximum atomic E-state index is 11.7. The van der Waals surface area contributed by atoms with Crippen molar-refractivity contribution in [1.29, 1.82) is 0 Å². The maximum absolute atomic E-state index is 11.7. The van der Waals surface area contributed by atoms with E-state index in [-0.39, 0.29) is 5.41 Å². The monoisotopic (exact) mass is 186 g/mol. The number of carbonyl (C=O) groups excluding carboxylic acids is 1. The second-order valence-electron chi connectivity index (χ2n) is 5.44. The summed E-state index contributed by atoms with van der Waals surface area (Å²) < 4.78 is 0. The lowest BCUT2D eigenvalue weighted by Crippen LogP contribution is -2.51. The van der Waals surface area contributed by atoms with Crippen molar-refractivity contribution in [3.63, 3.8) is 0 Å². The molecule has 0 aliphatic carbocycles. The third-order valence-electron chi connectivity index (χ3n) is 1.93. The van der Waals surface area contributed by atoms with Crippen LogP contribution in [0.1, 0.15) is 41.5 Å². The number of carbonyl (C=O) groups is 1. The minimum absolute atomic E-state index is 0.309. The van der Waals surface area contributed by atoms with Gasteiger partial charge in [0, 0.05) is 5.54 Å². The van der Waals surface area contributed by atoms with Gasteiger partial charge in [-0.15, -0.1) is 10.3 Å². The molecule has 0 N–H and O–H groups in total. The first-order chi connectivity index (χ1) is 5.60. The van der Waals surface area contributed by atoms with E-state index in [9.17, 15) is 10.0 Å². The molecule has 0 aromatic carbocycles. The van der Waals surface area contributed by atoms with Gasteiger partial charge >= 0.3 is 0 Å². The first-order valence-corrected chi connectivity index (χ1v) is 4.52. The van der Waals surface area contributed by atoms with Crippen LogP contribution in [0.25, 0.3) is 0 Å². The van der Waals surface area contributed by atoms with Crippen LogP contribution in [0.15, 0.2) is 0 Å². The second kappa shape index (κ2) is 3.76. The zero-order valence-corrected chi connectivity index (χ0v) is 9.42. The molecule has 0 spiro atoms. The minimum atomic E-state index is -0.576. The van der Waals surface area contributed by atoms with E-state index in [1.807, 2.05) is 41.5 Å². The molecule has 0 amide bonds. The number of aldehydes is 1. The summed E-state index contributed by atoms with van der Waals surface area (Å²) in [5.74, 6) is 0. The normalized spacial score (nSPS) is 16.0. The molecule has 0 heterocycles. The van der Waals surface area contributed by atoms with Crippen molar-refractivity contribution >= 4 is 6.29 Å². The summed E-state index contributed by atoms with van der Waals surface area (Å²) in [6.45, 7) is 11.1. The molecule has 3 nitrogen and oxygen atoms in total. The summed E-state index contributed by atoms with van der Waals surface area (Å²) in [4.78, 5) is 10.8. The molecule has 3 heteroatoms. The van der Waals surface area contributed by atoms with Crippen LogP contribution in [0.2, 0.25) is 0 Å². The quantitative estimate of drug-likeness (QED) is 0.489. The van der Waals surface area contributed by atoms with Crippen molar-refractivity contribution in [1.82, 2.24) is 5.06 Å². The summed E-state index contributed by atoms with van der Waals surface area (Å²) in [5.41, 5.74) is -0.824. The number of nitrogens with zero attached hydrogens (tertiary/aromatic N) is 1. The first kappa shape index (κ1) is 12.6. The van der Waals surface area contributed by atoms with Gasteiger partial charge in [0.2, 0.25) is 0 Å². The fourth-order valence-corrected chi connectivity index (χ4v) is 1.03. The summed E-state index contributed by atoms with van der Waals surface area (Å²) in [6, 6.07) is -0.576. The van der Waals surface area contributed by atoms with E-state index in [0.29, 0.717) is 0 Å². The van der Waals surface area contributed by atoms with E-state index >= 15 is 0 Å². The molecule has 1 unspecified atom stereocenters. The highest BCUT2D eigenvalue weighted by Gasteiger charge is 2.36. The molecule has 0 aliphatic rings. The van der Waals surface area contributed by atoms with Crippen LogP contribution in [0.3, 0.4) is 0 Å². The summed E-state index contributed by atoms with van der Waals surface area (Å²) in [5, 5.41) is 12.6. The van der Waals surface area contributed by atoms with Crippen LogP contribution in [0.4, 0.5) is 0 Å². The number of hydrogen-bond acceptors (Lipinski definition) is 2. The molecule has 77 valence electrons. The van der Waals surface area contributed by atoms with Gasteiger partial charge in [-0.3, -0.25) is 0 Å². The van der Waals surface area contributed by atoms with Gasteiger partial charge in [-0.1, -0.05) is 20.8 Å². The van der Waals surface area contributed by atoms with Gasteiger partial charge in [-0.25, -0.2) is 0 Å². The summed E-state index contributed by atoms with van der Waals surface area (Å²) in [6.07, 6.45) is 0.734. The third-order valence-corrected chi connectivity index (χ3v) is 1.93. The fraction of sp³-hybridized carbons (Fsp3) is 0.900. The molecule has 0 saturated carbocycles. The van der Waals surface area contributed by atoms with Crippen molar-refractivity contribution in [2.45, 2.75) is 53.1 Å². The Kier molecular flexibility index (Phi) is 3.64. The van der Waals surface area contributed by atoms with E-state index in [1.54, 1.807) is 0 Å². The van der Waals surface area contributed by atoms with E-state index in [1.165, 1.54) is 0 Å². The van der Waals surface area contributed by atoms with Crippen LogP contribution in [0, 0.1) is 5.41 Å². The Morgan fingerprint density at radius 2 is 1.46 bits per heavy atom. The molecule has 0 aromatic heterocycles. The Morgan fingerprint density at radius 3 is 1.54 bits per heavy atom. The van der Waals surface area contributed by atoms with Gasteiger partial charge in [0.05, 0.1) is 6.04 Å². The van der Waals surface area contributed by atoms with Gasteiger partial charge < -0.3 is 4.79 Å². The van der Waals surface area contributed by atoms with Crippen LogP contribution < -0.4 is 0 Å². The van der Waals surface area contributed by atoms with Crippen molar-refractivity contribution in [2.75, 3.05) is 0 Å². The molecule has 0 rings (SSSR count). The SMILES string of the molecule is CC(C)(C)C(C=O)N([O])C(C)(C)C. The van der Waals surface area contributed by atoms with Gasteiger partial charge in [0.25, 0.3) is 0 Å². The lowest BCUT2D eigenvalue weighted by atomic mass is 9.85. The number of rotatable bonds is 2. The molecular weight excluding hydrogens is 166 g/mol. The molecule has 0 aromatic rings. The molecule has 0 saturated heterocycles.